The molecule has 0 saturated carbocycles. The SMILES string of the molecule is Cn1cc([C@@H](CC(=O)N2CCOCC2)c2cccc(Oc3ccccc3)c2)c2ccccc21. The molecule has 0 radical (unpaired) electrons. The Hall–Kier alpha value is -3.57. The van der Waals surface area contributed by atoms with E-state index < -0.39 is 0 Å². The minimum Gasteiger partial charge on any atom is -0.457 e. The molecule has 1 aliphatic rings. The number of amides is 1. The average Bonchev–Trinajstić information content (AvgIpc) is 3.20. The van der Waals surface area contributed by atoms with Crippen LogP contribution >= 0.6 is 0 Å². The van der Waals surface area contributed by atoms with E-state index in [-0.39, 0.29) is 11.8 Å². The highest BCUT2D eigenvalue weighted by Gasteiger charge is 2.26. The number of nitrogens with zero attached hydrogens (tertiary/aromatic N) is 2. The summed E-state index contributed by atoms with van der Waals surface area (Å²) in [6.07, 6.45) is 2.56. The van der Waals surface area contributed by atoms with E-state index in [4.69, 9.17) is 9.47 Å². The van der Waals surface area contributed by atoms with Crippen LogP contribution < -0.4 is 4.74 Å². The standard InChI is InChI=1S/C28H28N2O3/c1-29-20-26(24-12-5-6-13-27(24)29)25(19-28(31)30-14-16-32-17-15-30)21-8-7-11-23(18-21)33-22-9-3-2-4-10-22/h2-13,18,20,25H,14-17,19H2,1H3/t25-/m0/s1. The smallest absolute Gasteiger partial charge is 0.223 e. The summed E-state index contributed by atoms with van der Waals surface area (Å²) >= 11 is 0. The molecular weight excluding hydrogens is 412 g/mol. The third kappa shape index (κ3) is 4.64. The van der Waals surface area contributed by atoms with Gasteiger partial charge >= 0.3 is 0 Å². The lowest BCUT2D eigenvalue weighted by molar-refractivity contribution is -0.135. The van der Waals surface area contributed by atoms with Crippen LogP contribution in [0, 0.1) is 0 Å². The Morgan fingerprint density at radius 1 is 0.939 bits per heavy atom. The maximum atomic E-state index is 13.3. The predicted octanol–water partition coefficient (Wildman–Crippen LogP) is 5.35. The summed E-state index contributed by atoms with van der Waals surface area (Å²) in [5.41, 5.74) is 3.39. The maximum Gasteiger partial charge on any atom is 0.223 e. The number of aromatic nitrogens is 1. The van der Waals surface area contributed by atoms with E-state index in [2.05, 4.69) is 48.1 Å². The van der Waals surface area contributed by atoms with E-state index in [9.17, 15) is 4.79 Å². The molecule has 3 aromatic carbocycles. The highest BCUT2D eigenvalue weighted by molar-refractivity contribution is 5.86. The maximum absolute atomic E-state index is 13.3. The van der Waals surface area contributed by atoms with Crippen molar-refractivity contribution >= 4 is 16.8 Å². The number of fused-ring (bicyclic) bond motifs is 1. The van der Waals surface area contributed by atoms with Crippen molar-refractivity contribution in [3.8, 4) is 11.5 Å². The first-order valence-corrected chi connectivity index (χ1v) is 11.4. The van der Waals surface area contributed by atoms with Crippen molar-refractivity contribution in [2.45, 2.75) is 12.3 Å². The van der Waals surface area contributed by atoms with Crippen molar-refractivity contribution in [3.05, 3.63) is 96.2 Å². The normalized spacial score (nSPS) is 14.9. The summed E-state index contributed by atoms with van der Waals surface area (Å²) < 4.78 is 13.7. The molecule has 2 heterocycles. The van der Waals surface area contributed by atoms with Gasteiger partial charge in [-0.15, -0.1) is 0 Å². The molecule has 1 fully saturated rings. The van der Waals surface area contributed by atoms with Crippen LogP contribution in [-0.2, 0) is 16.6 Å². The number of hydrogen-bond donors (Lipinski definition) is 0. The minimum atomic E-state index is -0.0780. The number of carbonyl (C=O) groups is 1. The molecule has 1 aliphatic heterocycles. The second kappa shape index (κ2) is 9.51. The van der Waals surface area contributed by atoms with Gasteiger partial charge in [0.05, 0.1) is 13.2 Å². The number of ether oxygens (including phenoxy) is 2. The molecule has 0 unspecified atom stereocenters. The fraction of sp³-hybridized carbons (Fsp3) is 0.250. The summed E-state index contributed by atoms with van der Waals surface area (Å²) in [4.78, 5) is 15.2. The van der Waals surface area contributed by atoms with Gasteiger partial charge in [0, 0.05) is 49.6 Å². The number of aryl methyl sites for hydroxylation is 1. The lowest BCUT2D eigenvalue weighted by atomic mass is 9.87. The van der Waals surface area contributed by atoms with Gasteiger partial charge in [0.1, 0.15) is 11.5 Å². The highest BCUT2D eigenvalue weighted by Crippen LogP contribution is 2.36. The minimum absolute atomic E-state index is 0.0780. The van der Waals surface area contributed by atoms with Crippen molar-refractivity contribution < 1.29 is 14.3 Å². The Kier molecular flexibility index (Phi) is 6.13. The Morgan fingerprint density at radius 2 is 1.67 bits per heavy atom. The van der Waals surface area contributed by atoms with Gasteiger partial charge in [0.25, 0.3) is 0 Å². The first-order valence-electron chi connectivity index (χ1n) is 11.4. The second-order valence-electron chi connectivity index (χ2n) is 8.45. The molecule has 168 valence electrons. The molecule has 1 aromatic heterocycles. The van der Waals surface area contributed by atoms with Gasteiger partial charge in [-0.3, -0.25) is 4.79 Å². The zero-order valence-electron chi connectivity index (χ0n) is 18.8. The van der Waals surface area contributed by atoms with Gasteiger partial charge in [-0.05, 0) is 41.5 Å². The van der Waals surface area contributed by atoms with Crippen LogP contribution in [0.25, 0.3) is 10.9 Å². The summed E-state index contributed by atoms with van der Waals surface area (Å²) in [6, 6.07) is 26.3. The number of carbonyl (C=O) groups excluding carboxylic acids is 1. The Bertz CT molecular complexity index is 1240. The van der Waals surface area contributed by atoms with Gasteiger partial charge in [-0.1, -0.05) is 48.5 Å². The summed E-state index contributed by atoms with van der Waals surface area (Å²) in [5, 5.41) is 1.18. The monoisotopic (exact) mass is 440 g/mol. The molecule has 0 N–H and O–H groups in total. The molecule has 0 aliphatic carbocycles. The van der Waals surface area contributed by atoms with E-state index >= 15 is 0 Å². The van der Waals surface area contributed by atoms with Crippen LogP contribution in [0.15, 0.2) is 85.1 Å². The molecule has 5 heteroatoms. The number of rotatable bonds is 6. The number of morpholine rings is 1. The van der Waals surface area contributed by atoms with E-state index in [0.29, 0.717) is 32.7 Å². The van der Waals surface area contributed by atoms with Crippen LogP contribution in [0.2, 0.25) is 0 Å². The lowest BCUT2D eigenvalue weighted by Crippen LogP contribution is -2.41. The summed E-state index contributed by atoms with van der Waals surface area (Å²) in [6.45, 7) is 2.51. The average molecular weight is 441 g/mol. The largest absolute Gasteiger partial charge is 0.457 e. The van der Waals surface area contributed by atoms with Crippen LogP contribution in [0.5, 0.6) is 11.5 Å². The Morgan fingerprint density at radius 3 is 2.48 bits per heavy atom. The summed E-state index contributed by atoms with van der Waals surface area (Å²) in [5.74, 6) is 1.64. The zero-order valence-corrected chi connectivity index (χ0v) is 18.8. The van der Waals surface area contributed by atoms with Gasteiger partial charge in [0.2, 0.25) is 5.91 Å². The Labute approximate surface area is 194 Å². The first kappa shape index (κ1) is 21.3. The molecular formula is C28H28N2O3. The van der Waals surface area contributed by atoms with E-state index in [1.165, 1.54) is 5.39 Å². The van der Waals surface area contributed by atoms with Crippen molar-refractivity contribution in [2.24, 2.45) is 7.05 Å². The predicted molar refractivity (Wildman–Crippen MR) is 130 cm³/mol. The van der Waals surface area contributed by atoms with Crippen LogP contribution in [0.4, 0.5) is 0 Å². The molecule has 0 bridgehead atoms. The van der Waals surface area contributed by atoms with Gasteiger partial charge < -0.3 is 18.9 Å². The van der Waals surface area contributed by atoms with E-state index in [0.717, 1.165) is 28.1 Å². The molecule has 33 heavy (non-hydrogen) atoms. The van der Waals surface area contributed by atoms with Crippen LogP contribution in [-0.4, -0.2) is 41.7 Å². The second-order valence-corrected chi connectivity index (χ2v) is 8.45. The topological polar surface area (TPSA) is 43.7 Å². The van der Waals surface area contributed by atoms with Gasteiger partial charge in [-0.2, -0.15) is 0 Å². The number of benzene rings is 3. The molecule has 5 nitrogen and oxygen atoms in total. The molecule has 4 aromatic rings. The van der Waals surface area contributed by atoms with Crippen molar-refractivity contribution in [1.29, 1.82) is 0 Å². The van der Waals surface area contributed by atoms with E-state index in [1.54, 1.807) is 0 Å². The van der Waals surface area contributed by atoms with Crippen molar-refractivity contribution in [1.82, 2.24) is 9.47 Å². The fourth-order valence-electron chi connectivity index (χ4n) is 4.59. The summed E-state index contributed by atoms with van der Waals surface area (Å²) in [7, 11) is 2.06. The van der Waals surface area contributed by atoms with E-state index in [1.807, 2.05) is 53.4 Å². The van der Waals surface area contributed by atoms with Crippen molar-refractivity contribution in [3.63, 3.8) is 0 Å². The van der Waals surface area contributed by atoms with Gasteiger partial charge in [-0.25, -0.2) is 0 Å². The number of para-hydroxylation sites is 2. The van der Waals surface area contributed by atoms with Crippen LogP contribution in [0.1, 0.15) is 23.5 Å². The van der Waals surface area contributed by atoms with Gasteiger partial charge in [0.15, 0.2) is 0 Å². The first-order chi connectivity index (χ1) is 16.2. The molecule has 0 spiro atoms. The van der Waals surface area contributed by atoms with Crippen molar-refractivity contribution in [2.75, 3.05) is 26.3 Å². The molecule has 1 amide bonds. The lowest BCUT2D eigenvalue weighted by Gasteiger charge is -2.29. The zero-order chi connectivity index (χ0) is 22.6. The molecule has 5 rings (SSSR count). The fourth-order valence-corrected chi connectivity index (χ4v) is 4.59. The quantitative estimate of drug-likeness (QED) is 0.406. The molecule has 1 atom stereocenters. The third-order valence-corrected chi connectivity index (χ3v) is 6.29. The molecule has 1 saturated heterocycles. The Balaban J connectivity index is 1.52. The number of hydrogen-bond acceptors (Lipinski definition) is 3. The highest BCUT2D eigenvalue weighted by atomic mass is 16.5. The third-order valence-electron chi connectivity index (χ3n) is 6.29. The van der Waals surface area contributed by atoms with Crippen LogP contribution in [0.3, 0.4) is 0 Å².